The molecule has 3 fully saturated rings. The van der Waals surface area contributed by atoms with Gasteiger partial charge in [0.25, 0.3) is 0 Å². The van der Waals surface area contributed by atoms with E-state index in [9.17, 15) is 4.79 Å². The van der Waals surface area contributed by atoms with Crippen LogP contribution in [0.4, 0.5) is 5.69 Å². The van der Waals surface area contributed by atoms with E-state index in [0.717, 1.165) is 37.9 Å². The number of hydrogen-bond acceptors (Lipinski definition) is 3. The standard InChI is InChI=1S/C22H33N3O/c1-2-6-18-9-11-19(12-10-18)24-15-13-22(14-16-24)21(26)23-17-25(22)20-7-4-3-5-8-20/h3-5,7-8,18-19H,2,6,9-17H2,1H3,(H,23,26)/t18-,19-. The monoisotopic (exact) mass is 355 g/mol. The lowest BCUT2D eigenvalue weighted by molar-refractivity contribution is -0.125. The Balaban J connectivity index is 1.40. The Morgan fingerprint density at radius 1 is 1.08 bits per heavy atom. The zero-order chi connectivity index (χ0) is 18.0. The van der Waals surface area contributed by atoms with Gasteiger partial charge in [-0.2, -0.15) is 0 Å². The van der Waals surface area contributed by atoms with Gasteiger partial charge in [-0.3, -0.25) is 4.79 Å². The fraction of sp³-hybridized carbons (Fsp3) is 0.682. The predicted octanol–water partition coefficient (Wildman–Crippen LogP) is 3.77. The number of hydrogen-bond donors (Lipinski definition) is 1. The van der Waals surface area contributed by atoms with E-state index in [-0.39, 0.29) is 11.4 Å². The first kappa shape index (κ1) is 17.8. The highest BCUT2D eigenvalue weighted by Crippen LogP contribution is 2.38. The molecule has 3 aliphatic rings. The molecule has 0 aromatic heterocycles. The van der Waals surface area contributed by atoms with Gasteiger partial charge in [-0.25, -0.2) is 0 Å². The maximum Gasteiger partial charge on any atom is 0.247 e. The van der Waals surface area contributed by atoms with Gasteiger partial charge in [0, 0.05) is 24.8 Å². The molecule has 0 atom stereocenters. The number of nitrogens with one attached hydrogen (secondary N) is 1. The Labute approximate surface area is 157 Å². The van der Waals surface area contributed by atoms with Crippen LogP contribution < -0.4 is 10.2 Å². The number of amides is 1. The van der Waals surface area contributed by atoms with E-state index in [2.05, 4.69) is 46.3 Å². The second-order valence-electron chi connectivity index (χ2n) is 8.46. The summed E-state index contributed by atoms with van der Waals surface area (Å²) in [5.74, 6) is 1.19. The van der Waals surface area contributed by atoms with Crippen LogP contribution >= 0.6 is 0 Å². The number of benzene rings is 1. The van der Waals surface area contributed by atoms with Crippen LogP contribution in [0.25, 0.3) is 0 Å². The van der Waals surface area contributed by atoms with Crippen molar-refractivity contribution in [3.63, 3.8) is 0 Å². The fourth-order valence-electron chi connectivity index (χ4n) is 5.50. The maximum absolute atomic E-state index is 12.8. The topological polar surface area (TPSA) is 35.6 Å². The Morgan fingerprint density at radius 2 is 1.77 bits per heavy atom. The molecule has 1 aromatic rings. The fourth-order valence-corrected chi connectivity index (χ4v) is 5.50. The number of piperidine rings is 1. The molecule has 4 heteroatoms. The van der Waals surface area contributed by atoms with Crippen LogP contribution in [0, 0.1) is 5.92 Å². The SMILES string of the molecule is CCC[C@H]1CC[C@H](N2CCC3(CC2)C(=O)NCN3c2ccccc2)CC1. The molecular formula is C22H33N3O. The van der Waals surface area contributed by atoms with Gasteiger partial charge in [0.1, 0.15) is 5.54 Å². The van der Waals surface area contributed by atoms with Crippen LogP contribution in [-0.4, -0.2) is 42.1 Å². The van der Waals surface area contributed by atoms with Crippen molar-refractivity contribution in [2.24, 2.45) is 5.92 Å². The molecule has 26 heavy (non-hydrogen) atoms. The van der Waals surface area contributed by atoms with Gasteiger partial charge >= 0.3 is 0 Å². The second kappa shape index (κ2) is 7.59. The molecule has 0 radical (unpaired) electrons. The van der Waals surface area contributed by atoms with E-state index >= 15 is 0 Å². The van der Waals surface area contributed by atoms with Crippen LogP contribution in [0.5, 0.6) is 0 Å². The quantitative estimate of drug-likeness (QED) is 0.893. The van der Waals surface area contributed by atoms with Gasteiger partial charge in [-0.15, -0.1) is 0 Å². The van der Waals surface area contributed by atoms with Crippen LogP contribution in [-0.2, 0) is 4.79 Å². The number of nitrogens with zero attached hydrogens (tertiary/aromatic N) is 2. The molecule has 142 valence electrons. The first-order chi connectivity index (χ1) is 12.7. The average Bonchev–Trinajstić information content (AvgIpc) is 3.00. The summed E-state index contributed by atoms with van der Waals surface area (Å²) in [6.07, 6.45) is 10.1. The van der Waals surface area contributed by atoms with Crippen molar-refractivity contribution in [1.82, 2.24) is 10.2 Å². The Kier molecular flexibility index (Phi) is 5.21. The highest BCUT2D eigenvalue weighted by atomic mass is 16.2. The third kappa shape index (κ3) is 3.24. The van der Waals surface area contributed by atoms with Crippen molar-refractivity contribution in [2.45, 2.75) is 69.9 Å². The largest absolute Gasteiger partial charge is 0.339 e. The molecule has 2 heterocycles. The highest BCUT2D eigenvalue weighted by molar-refractivity contribution is 5.93. The number of likely N-dealkylation sites (tertiary alicyclic amines) is 1. The van der Waals surface area contributed by atoms with Crippen LogP contribution in [0.2, 0.25) is 0 Å². The minimum absolute atomic E-state index is 0.229. The summed E-state index contributed by atoms with van der Waals surface area (Å²) < 4.78 is 0. The van der Waals surface area contributed by atoms with E-state index in [1.807, 2.05) is 6.07 Å². The van der Waals surface area contributed by atoms with E-state index in [1.54, 1.807) is 0 Å². The van der Waals surface area contributed by atoms with E-state index < -0.39 is 0 Å². The van der Waals surface area contributed by atoms with Gasteiger partial charge in [0.05, 0.1) is 6.67 Å². The molecule has 1 amide bonds. The van der Waals surface area contributed by atoms with Crippen LogP contribution in [0.15, 0.2) is 30.3 Å². The molecule has 1 aliphatic carbocycles. The molecule has 4 nitrogen and oxygen atoms in total. The number of rotatable bonds is 4. The van der Waals surface area contributed by atoms with Gasteiger partial charge in [-0.1, -0.05) is 38.0 Å². The Morgan fingerprint density at radius 3 is 2.42 bits per heavy atom. The smallest absolute Gasteiger partial charge is 0.247 e. The molecule has 1 spiro atoms. The van der Waals surface area contributed by atoms with Gasteiger partial charge in [-0.05, 0) is 56.6 Å². The second-order valence-corrected chi connectivity index (χ2v) is 8.46. The summed E-state index contributed by atoms with van der Waals surface area (Å²) in [7, 11) is 0. The van der Waals surface area contributed by atoms with Gasteiger partial charge in [0.2, 0.25) is 5.91 Å². The molecule has 2 saturated heterocycles. The summed E-state index contributed by atoms with van der Waals surface area (Å²) in [6, 6.07) is 11.2. The lowest BCUT2D eigenvalue weighted by Gasteiger charge is -2.46. The summed E-state index contributed by atoms with van der Waals surface area (Å²) in [6.45, 7) is 5.06. The van der Waals surface area contributed by atoms with Crippen molar-refractivity contribution >= 4 is 11.6 Å². The molecule has 4 rings (SSSR count). The maximum atomic E-state index is 12.8. The van der Waals surface area contributed by atoms with Crippen molar-refractivity contribution in [3.8, 4) is 0 Å². The summed E-state index contributed by atoms with van der Waals surface area (Å²) >= 11 is 0. The van der Waals surface area contributed by atoms with Gasteiger partial charge < -0.3 is 15.1 Å². The van der Waals surface area contributed by atoms with Crippen molar-refractivity contribution in [2.75, 3.05) is 24.7 Å². The first-order valence-corrected chi connectivity index (χ1v) is 10.6. The molecule has 1 saturated carbocycles. The molecular weight excluding hydrogens is 322 g/mol. The highest BCUT2D eigenvalue weighted by Gasteiger charge is 2.50. The molecule has 0 unspecified atom stereocenters. The lowest BCUT2D eigenvalue weighted by atomic mass is 9.80. The predicted molar refractivity (Wildman–Crippen MR) is 106 cm³/mol. The minimum Gasteiger partial charge on any atom is -0.339 e. The summed E-state index contributed by atoms with van der Waals surface area (Å²) in [5.41, 5.74) is 0.830. The first-order valence-electron chi connectivity index (χ1n) is 10.6. The number of anilines is 1. The normalized spacial score (nSPS) is 29.1. The van der Waals surface area contributed by atoms with E-state index in [4.69, 9.17) is 0 Å². The zero-order valence-corrected chi connectivity index (χ0v) is 16.1. The van der Waals surface area contributed by atoms with E-state index in [0.29, 0.717) is 6.67 Å². The lowest BCUT2D eigenvalue weighted by Crippen LogP contribution is -2.58. The number of para-hydroxylation sites is 1. The van der Waals surface area contributed by atoms with Crippen LogP contribution in [0.1, 0.15) is 58.3 Å². The zero-order valence-electron chi connectivity index (χ0n) is 16.1. The molecule has 0 bridgehead atoms. The van der Waals surface area contributed by atoms with Gasteiger partial charge in [0.15, 0.2) is 0 Å². The van der Waals surface area contributed by atoms with Crippen molar-refractivity contribution < 1.29 is 4.79 Å². The molecule has 1 aromatic carbocycles. The third-order valence-electron chi connectivity index (χ3n) is 7.06. The Bertz CT molecular complexity index is 601. The van der Waals surface area contributed by atoms with Crippen molar-refractivity contribution in [1.29, 1.82) is 0 Å². The molecule has 2 aliphatic heterocycles. The summed E-state index contributed by atoms with van der Waals surface area (Å²) in [4.78, 5) is 17.8. The number of carbonyl (C=O) groups excluding carboxylic acids is 1. The Hall–Kier alpha value is -1.55. The summed E-state index contributed by atoms with van der Waals surface area (Å²) in [5, 5.41) is 3.11. The van der Waals surface area contributed by atoms with E-state index in [1.165, 1.54) is 44.2 Å². The van der Waals surface area contributed by atoms with Crippen molar-refractivity contribution in [3.05, 3.63) is 30.3 Å². The third-order valence-corrected chi connectivity index (χ3v) is 7.06. The molecule has 1 N–H and O–H groups in total. The number of carbonyl (C=O) groups is 1. The average molecular weight is 356 g/mol. The van der Waals surface area contributed by atoms with Crippen LogP contribution in [0.3, 0.4) is 0 Å². The minimum atomic E-state index is -0.336.